The first-order valence-corrected chi connectivity index (χ1v) is 14.2. The molecule has 37 heavy (non-hydrogen) atoms. The molecule has 1 aromatic heterocycles. The number of aromatic nitrogens is 1. The maximum atomic E-state index is 12.7. The number of nitrogens with two attached hydrogens (primary N) is 1. The van der Waals surface area contributed by atoms with E-state index in [4.69, 9.17) is 9.88 Å². The van der Waals surface area contributed by atoms with E-state index < -0.39 is 16.1 Å². The molecule has 2 aliphatic rings. The van der Waals surface area contributed by atoms with Crippen LogP contribution in [-0.2, 0) is 21.6 Å². The Kier molecular flexibility index (Phi) is 7.01. The van der Waals surface area contributed by atoms with Crippen molar-refractivity contribution in [2.75, 3.05) is 13.7 Å². The standard InChI is InChI=1S/C27H33N3O6S/c1-35-21-10-7-19(8-11-21)25-24(18-5-3-2-4-6-18)22-12-9-20(26(31)29-37(28,33)34)15-23(22)30(25)16-27(13-14-27)17-36-32/h7-12,15,18,32H,2-6,13-14,16-17H2,1H3,(H,29,31)(H2,28,33,34). The van der Waals surface area contributed by atoms with Gasteiger partial charge in [0.05, 0.1) is 19.4 Å². The van der Waals surface area contributed by atoms with Gasteiger partial charge < -0.3 is 9.30 Å². The highest BCUT2D eigenvalue weighted by Gasteiger charge is 2.44. The van der Waals surface area contributed by atoms with E-state index in [2.05, 4.69) is 9.45 Å². The zero-order valence-electron chi connectivity index (χ0n) is 20.9. The van der Waals surface area contributed by atoms with E-state index in [1.165, 1.54) is 12.0 Å². The van der Waals surface area contributed by atoms with Crippen molar-refractivity contribution in [3.05, 3.63) is 53.6 Å². The number of hydrogen-bond donors (Lipinski definition) is 3. The molecule has 0 radical (unpaired) electrons. The Hall–Kier alpha value is -2.92. The second kappa shape index (κ2) is 10.1. The number of ether oxygens (including phenoxy) is 1. The summed E-state index contributed by atoms with van der Waals surface area (Å²) in [5.41, 5.74) is 4.22. The summed E-state index contributed by atoms with van der Waals surface area (Å²) in [4.78, 5) is 17.3. The molecule has 2 saturated carbocycles. The summed E-state index contributed by atoms with van der Waals surface area (Å²) in [7, 11) is -2.56. The van der Waals surface area contributed by atoms with Crippen molar-refractivity contribution < 1.29 is 28.1 Å². The lowest BCUT2D eigenvalue weighted by Gasteiger charge is -2.24. The molecule has 1 amide bonds. The van der Waals surface area contributed by atoms with Crippen molar-refractivity contribution in [1.29, 1.82) is 0 Å². The summed E-state index contributed by atoms with van der Waals surface area (Å²) >= 11 is 0. The lowest BCUT2D eigenvalue weighted by Crippen LogP contribution is -2.35. The van der Waals surface area contributed by atoms with Crippen LogP contribution in [0.3, 0.4) is 0 Å². The van der Waals surface area contributed by atoms with Crippen LogP contribution < -0.4 is 14.6 Å². The maximum absolute atomic E-state index is 12.7. The van der Waals surface area contributed by atoms with E-state index in [9.17, 15) is 18.5 Å². The Bertz CT molecular complexity index is 1400. The molecule has 9 nitrogen and oxygen atoms in total. The second-order valence-electron chi connectivity index (χ2n) is 10.4. The number of carbonyl (C=O) groups excluding carboxylic acids is 1. The van der Waals surface area contributed by atoms with Gasteiger partial charge in [-0.05, 0) is 79.1 Å². The molecule has 10 heteroatoms. The van der Waals surface area contributed by atoms with Crippen LogP contribution in [0.1, 0.15) is 66.8 Å². The first-order chi connectivity index (χ1) is 17.7. The van der Waals surface area contributed by atoms with E-state index >= 15 is 0 Å². The van der Waals surface area contributed by atoms with Crippen LogP contribution in [0.2, 0.25) is 0 Å². The van der Waals surface area contributed by atoms with Crippen LogP contribution in [0.5, 0.6) is 5.75 Å². The minimum absolute atomic E-state index is 0.204. The molecule has 2 fully saturated rings. The van der Waals surface area contributed by atoms with Gasteiger partial charge in [-0.25, -0.2) is 14.7 Å². The largest absolute Gasteiger partial charge is 0.497 e. The maximum Gasteiger partial charge on any atom is 0.298 e. The van der Waals surface area contributed by atoms with Gasteiger partial charge in [0.1, 0.15) is 5.75 Å². The molecule has 0 spiro atoms. The van der Waals surface area contributed by atoms with Crippen LogP contribution in [-0.4, -0.2) is 37.9 Å². The molecule has 4 N–H and O–H groups in total. The highest BCUT2D eigenvalue weighted by Crippen LogP contribution is 2.51. The Morgan fingerprint density at radius 2 is 1.84 bits per heavy atom. The number of carbonyl (C=O) groups is 1. The number of nitrogens with zero attached hydrogens (tertiary/aromatic N) is 1. The van der Waals surface area contributed by atoms with Gasteiger partial charge in [-0.1, -0.05) is 25.3 Å². The van der Waals surface area contributed by atoms with Gasteiger partial charge in [0.15, 0.2) is 0 Å². The number of rotatable bonds is 9. The molecule has 3 aromatic rings. The number of benzene rings is 2. The number of amides is 1. The van der Waals surface area contributed by atoms with Crippen molar-refractivity contribution in [2.45, 2.75) is 57.4 Å². The molecule has 0 unspecified atom stereocenters. The molecular formula is C27H33N3O6S. The lowest BCUT2D eigenvalue weighted by molar-refractivity contribution is -0.254. The Balaban J connectivity index is 1.74. The summed E-state index contributed by atoms with van der Waals surface area (Å²) in [5, 5.41) is 15.4. The molecular weight excluding hydrogens is 494 g/mol. The fourth-order valence-corrected chi connectivity index (χ4v) is 6.11. The zero-order valence-corrected chi connectivity index (χ0v) is 21.7. The molecule has 0 saturated heterocycles. The van der Waals surface area contributed by atoms with Crippen LogP contribution in [0, 0.1) is 5.41 Å². The van der Waals surface area contributed by atoms with Crippen molar-refractivity contribution in [2.24, 2.45) is 10.6 Å². The Morgan fingerprint density at radius 1 is 1.14 bits per heavy atom. The zero-order chi connectivity index (χ0) is 26.2. The second-order valence-corrected chi connectivity index (χ2v) is 11.7. The fourth-order valence-electron chi connectivity index (χ4n) is 5.73. The summed E-state index contributed by atoms with van der Waals surface area (Å²) in [5.74, 6) is 0.352. The molecule has 2 aromatic carbocycles. The molecule has 0 bridgehead atoms. The van der Waals surface area contributed by atoms with Gasteiger partial charge in [0.2, 0.25) is 0 Å². The van der Waals surface area contributed by atoms with E-state index in [0.717, 1.165) is 66.4 Å². The minimum Gasteiger partial charge on any atom is -0.497 e. The highest BCUT2D eigenvalue weighted by molar-refractivity contribution is 7.87. The number of fused-ring (bicyclic) bond motifs is 1. The summed E-state index contributed by atoms with van der Waals surface area (Å²) in [6, 6.07) is 13.3. The molecule has 0 aliphatic heterocycles. The van der Waals surface area contributed by atoms with Crippen molar-refractivity contribution in [3.8, 4) is 17.0 Å². The normalized spacial score (nSPS) is 17.6. The van der Waals surface area contributed by atoms with E-state index in [1.807, 2.05) is 35.1 Å². The Morgan fingerprint density at radius 3 is 2.43 bits per heavy atom. The van der Waals surface area contributed by atoms with Crippen molar-refractivity contribution in [1.82, 2.24) is 9.29 Å². The number of hydrogen-bond acceptors (Lipinski definition) is 6. The third-order valence-corrected chi connectivity index (χ3v) is 8.27. The lowest BCUT2D eigenvalue weighted by atomic mass is 9.81. The van der Waals surface area contributed by atoms with Crippen LogP contribution in [0.25, 0.3) is 22.2 Å². The first-order valence-electron chi connectivity index (χ1n) is 12.7. The molecule has 198 valence electrons. The monoisotopic (exact) mass is 527 g/mol. The predicted molar refractivity (Wildman–Crippen MR) is 141 cm³/mol. The number of methoxy groups -OCH3 is 1. The molecule has 1 heterocycles. The summed E-state index contributed by atoms with van der Waals surface area (Å²) in [6.07, 6.45) is 7.55. The van der Waals surface area contributed by atoms with E-state index in [1.54, 1.807) is 19.2 Å². The van der Waals surface area contributed by atoms with Crippen molar-refractivity contribution in [3.63, 3.8) is 0 Å². The van der Waals surface area contributed by atoms with Gasteiger partial charge in [-0.15, -0.1) is 0 Å². The van der Waals surface area contributed by atoms with Gasteiger partial charge in [-0.2, -0.15) is 8.42 Å². The number of nitrogens with one attached hydrogen (secondary N) is 1. The first kappa shape index (κ1) is 25.7. The summed E-state index contributed by atoms with van der Waals surface area (Å²) in [6.45, 7) is 0.817. The third kappa shape index (κ3) is 5.38. The smallest absolute Gasteiger partial charge is 0.298 e. The van der Waals surface area contributed by atoms with Gasteiger partial charge >= 0.3 is 0 Å². The topological polar surface area (TPSA) is 133 Å². The molecule has 2 aliphatic carbocycles. The molecule has 0 atom stereocenters. The summed E-state index contributed by atoms with van der Waals surface area (Å²) < 4.78 is 32.5. The SMILES string of the molecule is COc1ccc(-c2c(C3CCCCC3)c3ccc(C(=O)NS(N)(=O)=O)cc3n2CC2(COO)CC2)cc1. The van der Waals surface area contributed by atoms with Crippen molar-refractivity contribution >= 4 is 27.0 Å². The quantitative estimate of drug-likeness (QED) is 0.276. The average molecular weight is 528 g/mol. The van der Waals surface area contributed by atoms with Crippen LogP contribution in [0.15, 0.2) is 42.5 Å². The van der Waals surface area contributed by atoms with Gasteiger partial charge in [0, 0.05) is 28.4 Å². The molecule has 5 rings (SSSR count). The van der Waals surface area contributed by atoms with E-state index in [0.29, 0.717) is 12.5 Å². The van der Waals surface area contributed by atoms with Crippen LogP contribution in [0.4, 0.5) is 0 Å². The third-order valence-electron chi connectivity index (χ3n) is 7.80. The average Bonchev–Trinajstić information content (AvgIpc) is 3.57. The highest BCUT2D eigenvalue weighted by atomic mass is 32.2. The Labute approximate surface area is 216 Å². The van der Waals surface area contributed by atoms with Gasteiger partial charge in [0.25, 0.3) is 16.1 Å². The predicted octanol–water partition coefficient (Wildman–Crippen LogP) is 4.57. The van der Waals surface area contributed by atoms with Gasteiger partial charge in [-0.3, -0.25) is 10.1 Å². The fraction of sp³-hybridized carbons (Fsp3) is 0.444. The van der Waals surface area contributed by atoms with E-state index in [-0.39, 0.29) is 17.6 Å². The van der Waals surface area contributed by atoms with Crippen LogP contribution >= 0.6 is 0 Å². The minimum atomic E-state index is -4.19.